The smallest absolute Gasteiger partial charge is 0.0730 e. The van der Waals surface area contributed by atoms with Crippen molar-refractivity contribution in [1.29, 1.82) is 0 Å². The summed E-state index contributed by atoms with van der Waals surface area (Å²) in [6, 6.07) is 30.9. The van der Waals surface area contributed by atoms with E-state index >= 15 is 0 Å². The Labute approximate surface area is 377 Å². The Bertz CT molecular complexity index is 2450. The molecule has 6 aliphatic rings. The Morgan fingerprint density at radius 1 is 0.452 bits per heavy atom. The van der Waals surface area contributed by atoms with Gasteiger partial charge in [0.25, 0.3) is 0 Å². The minimum atomic E-state index is 0.798. The first-order valence-electron chi connectivity index (χ1n) is 22.6. The lowest BCUT2D eigenvalue weighted by Gasteiger charge is -2.33. The third-order valence-electron chi connectivity index (χ3n) is 13.5. The molecule has 0 atom stereocenters. The lowest BCUT2D eigenvalue weighted by atomic mass is 9.86. The molecule has 62 heavy (non-hydrogen) atoms. The largest absolute Gasteiger partial charge is 0.303 e. The number of rotatable bonds is 8. The van der Waals surface area contributed by atoms with Gasteiger partial charge in [-0.3, -0.25) is 0 Å². The Morgan fingerprint density at radius 2 is 0.806 bits per heavy atom. The number of thiophene rings is 2. The van der Waals surface area contributed by atoms with Gasteiger partial charge >= 0.3 is 0 Å². The highest BCUT2D eigenvalue weighted by Crippen LogP contribution is 2.48. The summed E-state index contributed by atoms with van der Waals surface area (Å²) >= 11 is 3.72. The summed E-state index contributed by atoms with van der Waals surface area (Å²) in [6.45, 7) is 11.3. The Morgan fingerprint density at radius 3 is 1.19 bits per heavy atom. The molecule has 3 aromatic heterocycles. The average molecular weight is 845 g/mol. The fourth-order valence-corrected chi connectivity index (χ4v) is 12.2. The molecule has 0 unspecified atom stereocenters. The predicted molar refractivity (Wildman–Crippen MR) is 263 cm³/mol. The summed E-state index contributed by atoms with van der Waals surface area (Å²) in [5.41, 5.74) is 11.1. The Hall–Kier alpha value is -4.20. The van der Waals surface area contributed by atoms with Crippen molar-refractivity contribution < 1.29 is 0 Å². The fourth-order valence-electron chi connectivity index (χ4n) is 9.93. The molecular formula is C56H52N4S2. The van der Waals surface area contributed by atoms with Crippen LogP contribution in [-0.4, -0.2) is 59.0 Å². The van der Waals surface area contributed by atoms with Crippen LogP contribution in [0.5, 0.6) is 0 Å². The van der Waals surface area contributed by atoms with Crippen LogP contribution in [0.2, 0.25) is 0 Å². The van der Waals surface area contributed by atoms with Gasteiger partial charge in [0.05, 0.1) is 22.8 Å². The van der Waals surface area contributed by atoms with E-state index in [4.69, 9.17) is 9.97 Å². The van der Waals surface area contributed by atoms with Crippen LogP contribution in [0.1, 0.15) is 73.4 Å². The van der Waals surface area contributed by atoms with Gasteiger partial charge in [0.2, 0.25) is 0 Å². The number of likely N-dealkylation sites (tertiary alicyclic amines) is 2. The molecule has 11 rings (SSSR count). The SMILES string of the molecule is CC1CCN(C[C]2[CH][CH][CH][C]2c2c3nc(c(-c4ccccc4)c4ccc(s4)c(-c4ccccc4)c4nc(c([C]5[CH][CH][CH][C]5CN5CCC(C)CC5)c5ccc2s5)C=C4)C=C3)CC1. The Balaban J connectivity index is 1.16. The van der Waals surface area contributed by atoms with E-state index in [0.717, 1.165) is 85.0 Å². The summed E-state index contributed by atoms with van der Waals surface area (Å²) < 4.78 is 4.85. The molecule has 2 saturated carbocycles. The number of fused-ring (bicyclic) bond motifs is 8. The maximum atomic E-state index is 5.64. The van der Waals surface area contributed by atoms with E-state index < -0.39 is 0 Å². The van der Waals surface area contributed by atoms with E-state index in [1.54, 1.807) is 0 Å². The second kappa shape index (κ2) is 17.8. The van der Waals surface area contributed by atoms with Crippen molar-refractivity contribution in [3.05, 3.63) is 181 Å². The van der Waals surface area contributed by atoms with Crippen molar-refractivity contribution >= 4 is 65.8 Å². The first kappa shape index (κ1) is 40.6. The summed E-state index contributed by atoms with van der Waals surface area (Å²) in [4.78, 5) is 16.6. The van der Waals surface area contributed by atoms with E-state index in [0.29, 0.717) is 0 Å². The predicted octanol–water partition coefficient (Wildman–Crippen LogP) is 13.2. The van der Waals surface area contributed by atoms with Crippen molar-refractivity contribution in [2.24, 2.45) is 11.8 Å². The zero-order chi connectivity index (χ0) is 41.6. The number of hydrogen-bond donors (Lipinski definition) is 0. The van der Waals surface area contributed by atoms with E-state index in [2.05, 4.69) is 171 Å². The highest BCUT2D eigenvalue weighted by Gasteiger charge is 2.38. The van der Waals surface area contributed by atoms with Gasteiger partial charge < -0.3 is 9.80 Å². The van der Waals surface area contributed by atoms with Gasteiger partial charge in [-0.25, -0.2) is 9.97 Å². The molecule has 6 heteroatoms. The molecule has 5 aromatic rings. The third-order valence-corrected chi connectivity index (χ3v) is 15.8. The van der Waals surface area contributed by atoms with Crippen LogP contribution in [0.3, 0.4) is 0 Å². The van der Waals surface area contributed by atoms with Gasteiger partial charge in [-0.2, -0.15) is 0 Å². The standard InChI is InChI=1S/C56H52N4S2/c1-37-27-31-59(32-28-37)35-41-15-9-17-43(41)55-47-21-19-45(57-47)53(39-11-5-3-6-12-39)49-23-24-50(61-49)54(40-13-7-4-8-14-40)46-20-22-48(58-46)56(52-26-25-51(55)62-52)44-18-10-16-42(44)36-60-33-29-38(2)30-34-60/h3-26,37-38H,27-36H2,1-2H3. The maximum absolute atomic E-state index is 5.64. The quantitative estimate of drug-likeness (QED) is 0.153. The number of nitrogens with zero attached hydrogens (tertiary/aromatic N) is 4. The molecule has 0 N–H and O–H groups in total. The lowest BCUT2D eigenvalue weighted by Crippen LogP contribution is -2.36. The van der Waals surface area contributed by atoms with E-state index in [1.807, 2.05) is 22.7 Å². The number of benzene rings is 2. The zero-order valence-electron chi connectivity index (χ0n) is 35.7. The minimum Gasteiger partial charge on any atom is -0.303 e. The molecule has 4 nitrogen and oxygen atoms in total. The Kier molecular flexibility index (Phi) is 11.6. The van der Waals surface area contributed by atoms with Crippen LogP contribution >= 0.6 is 22.7 Å². The van der Waals surface area contributed by atoms with Crippen LogP contribution in [0, 0.1) is 74.0 Å². The molecule has 8 bridgehead atoms. The van der Waals surface area contributed by atoms with Gasteiger partial charge in [0.1, 0.15) is 0 Å². The summed E-state index contributed by atoms with van der Waals surface area (Å²) in [5.74, 6) is 6.92. The van der Waals surface area contributed by atoms with Crippen molar-refractivity contribution in [2.75, 3.05) is 39.3 Å². The molecule has 2 saturated heterocycles. The monoisotopic (exact) mass is 844 g/mol. The first-order valence-corrected chi connectivity index (χ1v) is 24.2. The minimum absolute atomic E-state index is 0.798. The second-order valence-corrected chi connectivity index (χ2v) is 20.0. The normalized spacial score (nSPS) is 20.3. The summed E-state index contributed by atoms with van der Waals surface area (Å²) in [7, 11) is 0. The lowest BCUT2D eigenvalue weighted by molar-refractivity contribution is 0.201. The first-order chi connectivity index (χ1) is 30.5. The molecule has 0 spiro atoms. The third kappa shape index (κ3) is 8.10. The number of piperidine rings is 2. The van der Waals surface area contributed by atoms with E-state index in [9.17, 15) is 0 Å². The van der Waals surface area contributed by atoms with Gasteiger partial charge in [0.15, 0.2) is 0 Å². The molecule has 4 aliphatic heterocycles. The molecule has 308 valence electrons. The van der Waals surface area contributed by atoms with Gasteiger partial charge in [-0.1, -0.05) is 74.5 Å². The van der Waals surface area contributed by atoms with Crippen molar-refractivity contribution in [1.82, 2.24) is 19.8 Å². The fraction of sp³-hybridized carbons (Fsp3) is 0.250. The van der Waals surface area contributed by atoms with E-state index in [-0.39, 0.29) is 0 Å². The molecule has 4 fully saturated rings. The molecule has 7 heterocycles. The van der Waals surface area contributed by atoms with Crippen LogP contribution in [0.15, 0.2) is 84.9 Å². The average Bonchev–Trinajstić information content (AvgIpc) is 4.17. The highest BCUT2D eigenvalue weighted by molar-refractivity contribution is 7.24. The molecule has 2 aliphatic carbocycles. The van der Waals surface area contributed by atoms with Crippen LogP contribution in [0.4, 0.5) is 0 Å². The summed E-state index contributed by atoms with van der Waals surface area (Å²) in [5, 5.41) is 0. The van der Waals surface area contributed by atoms with Gasteiger partial charge in [-0.05, 0) is 162 Å². The topological polar surface area (TPSA) is 32.3 Å². The van der Waals surface area contributed by atoms with Crippen molar-refractivity contribution in [3.63, 3.8) is 0 Å². The molecule has 0 amide bonds. The van der Waals surface area contributed by atoms with Gasteiger partial charge in [-0.15, -0.1) is 22.7 Å². The number of hydrogen-bond acceptors (Lipinski definition) is 6. The molecular weight excluding hydrogens is 793 g/mol. The highest BCUT2D eigenvalue weighted by atomic mass is 32.1. The second-order valence-electron chi connectivity index (χ2n) is 17.8. The van der Waals surface area contributed by atoms with Crippen LogP contribution < -0.4 is 0 Å². The van der Waals surface area contributed by atoms with E-state index in [1.165, 1.54) is 90.4 Å². The molecule has 2 aromatic carbocycles. The summed E-state index contributed by atoms with van der Waals surface area (Å²) in [6.07, 6.45) is 28.0. The van der Waals surface area contributed by atoms with Crippen LogP contribution in [-0.2, 0) is 0 Å². The van der Waals surface area contributed by atoms with Crippen molar-refractivity contribution in [3.8, 4) is 22.3 Å². The van der Waals surface area contributed by atoms with Crippen molar-refractivity contribution in [2.45, 2.75) is 39.5 Å². The number of aromatic nitrogens is 2. The maximum Gasteiger partial charge on any atom is 0.0730 e. The van der Waals surface area contributed by atoms with Gasteiger partial charge in [0, 0.05) is 77.8 Å². The molecule has 10 radical (unpaired) electrons. The van der Waals surface area contributed by atoms with Crippen LogP contribution in [0.25, 0.3) is 65.4 Å². The zero-order valence-corrected chi connectivity index (χ0v) is 37.3.